The molecule has 0 aliphatic heterocycles. The summed E-state index contributed by atoms with van der Waals surface area (Å²) in [6.07, 6.45) is 5.90. The quantitative estimate of drug-likeness (QED) is 0.854. The number of nitrogens with two attached hydrogens (primary N) is 1. The molecule has 1 aromatic rings. The van der Waals surface area contributed by atoms with Gasteiger partial charge in [-0.15, -0.1) is 0 Å². The molecule has 0 spiro atoms. The van der Waals surface area contributed by atoms with Crippen LogP contribution in [-0.4, -0.2) is 29.3 Å². The Morgan fingerprint density at radius 3 is 2.61 bits per heavy atom. The fourth-order valence-corrected chi connectivity index (χ4v) is 2.62. The van der Waals surface area contributed by atoms with Gasteiger partial charge >= 0.3 is 0 Å². The van der Waals surface area contributed by atoms with Crippen molar-refractivity contribution in [1.29, 1.82) is 0 Å². The molecule has 1 aliphatic carbocycles. The molecule has 1 saturated carbocycles. The minimum Gasteiger partial charge on any atom is -0.388 e. The third-order valence-electron chi connectivity index (χ3n) is 3.74. The summed E-state index contributed by atoms with van der Waals surface area (Å²) >= 11 is 0. The van der Waals surface area contributed by atoms with Gasteiger partial charge in [0, 0.05) is 19.6 Å². The van der Waals surface area contributed by atoms with Crippen LogP contribution in [0, 0.1) is 0 Å². The van der Waals surface area contributed by atoms with E-state index in [1.54, 1.807) is 0 Å². The van der Waals surface area contributed by atoms with Crippen LogP contribution in [0.2, 0.25) is 0 Å². The van der Waals surface area contributed by atoms with Gasteiger partial charge < -0.3 is 15.7 Å². The second-order valence-corrected chi connectivity index (χ2v) is 5.52. The van der Waals surface area contributed by atoms with Crippen LogP contribution >= 0.6 is 0 Å². The zero-order chi connectivity index (χ0) is 13.2. The number of aliphatic hydroxyl groups is 1. The van der Waals surface area contributed by atoms with Gasteiger partial charge in [0.2, 0.25) is 0 Å². The van der Waals surface area contributed by atoms with Crippen LogP contribution in [0.1, 0.15) is 44.3 Å². The number of anilines is 1. The van der Waals surface area contributed by atoms with Crippen LogP contribution in [0.3, 0.4) is 0 Å². The van der Waals surface area contributed by atoms with Gasteiger partial charge in [-0.25, -0.2) is 0 Å². The molecule has 0 aromatic carbocycles. The molecule has 2 rings (SSSR count). The Balaban J connectivity index is 2.02. The maximum atomic E-state index is 10.4. The highest BCUT2D eigenvalue weighted by molar-refractivity contribution is 5.44. The lowest BCUT2D eigenvalue weighted by Crippen LogP contribution is -2.39. The van der Waals surface area contributed by atoms with Crippen molar-refractivity contribution in [3.63, 3.8) is 0 Å². The average molecular weight is 249 g/mol. The zero-order valence-corrected chi connectivity index (χ0v) is 11.3. The van der Waals surface area contributed by atoms with Gasteiger partial charge in [0.15, 0.2) is 0 Å². The Morgan fingerprint density at radius 1 is 1.44 bits per heavy atom. The summed E-state index contributed by atoms with van der Waals surface area (Å²) < 4.78 is 0. The summed E-state index contributed by atoms with van der Waals surface area (Å²) in [4.78, 5) is 6.42. The molecule has 1 fully saturated rings. The fourth-order valence-electron chi connectivity index (χ4n) is 2.62. The Kier molecular flexibility index (Phi) is 3.88. The van der Waals surface area contributed by atoms with Gasteiger partial charge in [-0.05, 0) is 31.9 Å². The number of nitrogens with zero attached hydrogens (tertiary/aromatic N) is 2. The SMILES string of the molecule is C[C@H](N)c1ccc(N(C)CC2(O)CCCC2)cn1. The third-order valence-corrected chi connectivity index (χ3v) is 3.74. The smallest absolute Gasteiger partial charge is 0.0821 e. The van der Waals surface area contributed by atoms with E-state index < -0.39 is 5.60 Å². The standard InChI is InChI=1S/C14H23N3O/c1-11(15)13-6-5-12(9-16-13)17(2)10-14(18)7-3-4-8-14/h5-6,9,11,18H,3-4,7-8,10,15H2,1-2H3/t11-/m0/s1. The first kappa shape index (κ1) is 13.3. The number of pyridine rings is 1. The summed E-state index contributed by atoms with van der Waals surface area (Å²) in [6.45, 7) is 2.60. The molecule has 0 amide bonds. The van der Waals surface area contributed by atoms with E-state index >= 15 is 0 Å². The summed E-state index contributed by atoms with van der Waals surface area (Å²) in [5, 5.41) is 10.4. The number of hydrogen-bond acceptors (Lipinski definition) is 4. The van der Waals surface area contributed by atoms with E-state index in [0.29, 0.717) is 6.54 Å². The second-order valence-electron chi connectivity index (χ2n) is 5.52. The highest BCUT2D eigenvalue weighted by Gasteiger charge is 2.32. The summed E-state index contributed by atoms with van der Waals surface area (Å²) in [5.41, 5.74) is 7.18. The average Bonchev–Trinajstić information content (AvgIpc) is 2.76. The van der Waals surface area contributed by atoms with Gasteiger partial charge in [0.1, 0.15) is 0 Å². The maximum absolute atomic E-state index is 10.4. The summed E-state index contributed by atoms with van der Waals surface area (Å²) in [7, 11) is 2.00. The molecule has 100 valence electrons. The van der Waals surface area contributed by atoms with E-state index in [2.05, 4.69) is 9.88 Å². The fraction of sp³-hybridized carbons (Fsp3) is 0.643. The molecule has 0 bridgehead atoms. The molecular formula is C14H23N3O. The molecular weight excluding hydrogens is 226 g/mol. The van der Waals surface area contributed by atoms with Crippen molar-refractivity contribution in [2.45, 2.75) is 44.2 Å². The van der Waals surface area contributed by atoms with Crippen molar-refractivity contribution in [2.24, 2.45) is 5.73 Å². The predicted molar refractivity (Wildman–Crippen MR) is 73.5 cm³/mol. The van der Waals surface area contributed by atoms with Gasteiger partial charge in [0.05, 0.1) is 23.2 Å². The first-order chi connectivity index (χ1) is 8.50. The third kappa shape index (κ3) is 3.00. The van der Waals surface area contributed by atoms with Crippen molar-refractivity contribution in [3.05, 3.63) is 24.0 Å². The molecule has 18 heavy (non-hydrogen) atoms. The molecule has 1 atom stereocenters. The highest BCUT2D eigenvalue weighted by Crippen LogP contribution is 2.31. The van der Waals surface area contributed by atoms with Crippen LogP contribution in [0.25, 0.3) is 0 Å². The van der Waals surface area contributed by atoms with E-state index in [-0.39, 0.29) is 6.04 Å². The first-order valence-corrected chi connectivity index (χ1v) is 6.65. The van der Waals surface area contributed by atoms with Crippen LogP contribution in [0.4, 0.5) is 5.69 Å². The van der Waals surface area contributed by atoms with E-state index in [1.807, 2.05) is 32.3 Å². The zero-order valence-electron chi connectivity index (χ0n) is 11.3. The first-order valence-electron chi connectivity index (χ1n) is 6.65. The maximum Gasteiger partial charge on any atom is 0.0821 e. The Morgan fingerprint density at radius 2 is 2.11 bits per heavy atom. The Hall–Kier alpha value is -1.13. The molecule has 0 unspecified atom stereocenters. The topological polar surface area (TPSA) is 62.4 Å². The number of likely N-dealkylation sites (N-methyl/N-ethyl adjacent to an activating group) is 1. The van der Waals surface area contributed by atoms with Gasteiger partial charge in [-0.1, -0.05) is 12.8 Å². The largest absolute Gasteiger partial charge is 0.388 e. The van der Waals surface area contributed by atoms with E-state index in [1.165, 1.54) is 0 Å². The van der Waals surface area contributed by atoms with Crippen LogP contribution < -0.4 is 10.6 Å². The van der Waals surface area contributed by atoms with Crippen molar-refractivity contribution in [1.82, 2.24) is 4.98 Å². The number of hydrogen-bond donors (Lipinski definition) is 2. The summed E-state index contributed by atoms with van der Waals surface area (Å²) in [5.74, 6) is 0. The molecule has 1 aliphatic rings. The molecule has 0 saturated heterocycles. The normalized spacial score (nSPS) is 19.8. The van der Waals surface area contributed by atoms with Crippen LogP contribution in [-0.2, 0) is 0 Å². The lowest BCUT2D eigenvalue weighted by molar-refractivity contribution is 0.0559. The second kappa shape index (κ2) is 5.24. The molecule has 1 aromatic heterocycles. The lowest BCUT2D eigenvalue weighted by atomic mass is 10.0. The van der Waals surface area contributed by atoms with Crippen molar-refractivity contribution in [3.8, 4) is 0 Å². The predicted octanol–water partition coefficient (Wildman–Crippen LogP) is 1.84. The van der Waals surface area contributed by atoms with Crippen molar-refractivity contribution in [2.75, 3.05) is 18.5 Å². The Bertz CT molecular complexity index is 383. The van der Waals surface area contributed by atoms with Crippen LogP contribution in [0.5, 0.6) is 0 Å². The molecule has 3 N–H and O–H groups in total. The Labute approximate surface area is 109 Å². The van der Waals surface area contributed by atoms with Crippen molar-refractivity contribution >= 4 is 5.69 Å². The molecule has 0 radical (unpaired) electrons. The molecule has 4 nitrogen and oxygen atoms in total. The minimum absolute atomic E-state index is 0.0385. The number of aromatic nitrogens is 1. The van der Waals surface area contributed by atoms with Gasteiger partial charge in [-0.3, -0.25) is 4.98 Å². The number of rotatable bonds is 4. The van der Waals surface area contributed by atoms with E-state index in [4.69, 9.17) is 5.73 Å². The summed E-state index contributed by atoms with van der Waals surface area (Å²) in [6, 6.07) is 3.93. The molecule has 4 heteroatoms. The highest BCUT2D eigenvalue weighted by atomic mass is 16.3. The monoisotopic (exact) mass is 249 g/mol. The van der Waals surface area contributed by atoms with E-state index in [9.17, 15) is 5.11 Å². The minimum atomic E-state index is -0.519. The van der Waals surface area contributed by atoms with E-state index in [0.717, 1.165) is 37.1 Å². The molecule has 1 heterocycles. The van der Waals surface area contributed by atoms with Crippen molar-refractivity contribution < 1.29 is 5.11 Å². The van der Waals surface area contributed by atoms with Crippen LogP contribution in [0.15, 0.2) is 18.3 Å². The lowest BCUT2D eigenvalue weighted by Gasteiger charge is -2.29. The van der Waals surface area contributed by atoms with Gasteiger partial charge in [-0.2, -0.15) is 0 Å². The van der Waals surface area contributed by atoms with Gasteiger partial charge in [0.25, 0.3) is 0 Å².